The molecular formula is C21H22N4O2. The van der Waals surface area contributed by atoms with Crippen molar-refractivity contribution in [3.8, 4) is 11.4 Å². The third kappa shape index (κ3) is 4.41. The summed E-state index contributed by atoms with van der Waals surface area (Å²) in [6.07, 6.45) is 1.65. The lowest BCUT2D eigenvalue weighted by Crippen LogP contribution is -2.41. The lowest BCUT2D eigenvalue weighted by atomic mass is 10.2. The van der Waals surface area contributed by atoms with Gasteiger partial charge in [-0.3, -0.25) is 14.6 Å². The van der Waals surface area contributed by atoms with Crippen molar-refractivity contribution in [2.24, 2.45) is 0 Å². The predicted molar refractivity (Wildman–Crippen MR) is 107 cm³/mol. The maximum absolute atomic E-state index is 12.4. The van der Waals surface area contributed by atoms with E-state index in [9.17, 15) is 9.59 Å². The van der Waals surface area contributed by atoms with E-state index in [2.05, 4.69) is 20.2 Å². The van der Waals surface area contributed by atoms with Crippen molar-refractivity contribution in [1.82, 2.24) is 15.3 Å². The normalized spacial score (nSPS) is 11.6. The molecule has 6 heteroatoms. The van der Waals surface area contributed by atoms with Gasteiger partial charge in [0.1, 0.15) is 5.56 Å². The van der Waals surface area contributed by atoms with Gasteiger partial charge in [0.25, 0.3) is 11.5 Å². The van der Waals surface area contributed by atoms with Crippen LogP contribution in [0.1, 0.15) is 17.3 Å². The molecule has 27 heavy (non-hydrogen) atoms. The highest BCUT2D eigenvalue weighted by atomic mass is 16.2. The quantitative estimate of drug-likeness (QED) is 0.707. The van der Waals surface area contributed by atoms with Crippen LogP contribution in [0.5, 0.6) is 0 Å². The van der Waals surface area contributed by atoms with Crippen LogP contribution in [-0.2, 0) is 0 Å². The van der Waals surface area contributed by atoms with E-state index in [0.29, 0.717) is 17.9 Å². The Kier molecular flexibility index (Phi) is 5.66. The molecule has 0 bridgehead atoms. The second-order valence-electron chi connectivity index (χ2n) is 6.34. The van der Waals surface area contributed by atoms with Crippen LogP contribution in [0.15, 0.2) is 71.7 Å². The van der Waals surface area contributed by atoms with Crippen molar-refractivity contribution >= 4 is 11.6 Å². The minimum atomic E-state index is -0.431. The van der Waals surface area contributed by atoms with E-state index in [-0.39, 0.29) is 11.6 Å². The Balaban J connectivity index is 1.65. The highest BCUT2D eigenvalue weighted by Crippen LogP contribution is 2.14. The lowest BCUT2D eigenvalue weighted by Gasteiger charge is -2.27. The third-order valence-electron chi connectivity index (χ3n) is 4.48. The summed E-state index contributed by atoms with van der Waals surface area (Å²) >= 11 is 0. The summed E-state index contributed by atoms with van der Waals surface area (Å²) < 4.78 is 0. The van der Waals surface area contributed by atoms with Crippen LogP contribution in [0.3, 0.4) is 0 Å². The molecule has 0 aliphatic carbocycles. The van der Waals surface area contributed by atoms with Gasteiger partial charge in [0, 0.05) is 31.5 Å². The Morgan fingerprint density at radius 2 is 1.85 bits per heavy atom. The first-order valence-corrected chi connectivity index (χ1v) is 8.77. The highest BCUT2D eigenvalue weighted by Gasteiger charge is 2.15. The number of rotatable bonds is 6. The van der Waals surface area contributed by atoms with Crippen molar-refractivity contribution in [3.63, 3.8) is 0 Å². The molecule has 3 rings (SSSR count). The molecule has 0 saturated heterocycles. The summed E-state index contributed by atoms with van der Waals surface area (Å²) in [5.41, 5.74) is 1.95. The Bertz CT molecular complexity index is 955. The summed E-state index contributed by atoms with van der Waals surface area (Å²) in [7, 11) is 1.97. The fourth-order valence-corrected chi connectivity index (χ4v) is 2.71. The number of anilines is 1. The molecule has 3 aromatic rings. The van der Waals surface area contributed by atoms with Gasteiger partial charge in [-0.2, -0.15) is 0 Å². The van der Waals surface area contributed by atoms with Crippen LogP contribution < -0.4 is 15.8 Å². The number of aromatic nitrogens is 2. The predicted octanol–water partition coefficient (Wildman–Crippen LogP) is 2.69. The smallest absolute Gasteiger partial charge is 0.261 e. The minimum absolute atomic E-state index is 0.0724. The van der Waals surface area contributed by atoms with Gasteiger partial charge in [-0.05, 0) is 43.3 Å². The number of para-hydroxylation sites is 1. The van der Waals surface area contributed by atoms with Crippen LogP contribution in [0.25, 0.3) is 11.4 Å². The van der Waals surface area contributed by atoms with Gasteiger partial charge in [0.15, 0.2) is 0 Å². The topological polar surface area (TPSA) is 78.1 Å². The zero-order valence-electron chi connectivity index (χ0n) is 15.3. The van der Waals surface area contributed by atoms with E-state index in [0.717, 1.165) is 5.69 Å². The standard InChI is InChI=1S/C21H22N4O2/c1-15(25(2)16-8-4-3-5-9-16)14-23-20(26)17-11-12-19(24-21(17)27)18-10-6-7-13-22-18/h3-13,15H,14H2,1-2H3,(H,23,26)(H,24,27). The third-order valence-corrected chi connectivity index (χ3v) is 4.48. The van der Waals surface area contributed by atoms with E-state index < -0.39 is 11.5 Å². The number of hydrogen-bond donors (Lipinski definition) is 2. The Morgan fingerprint density at radius 1 is 1.11 bits per heavy atom. The number of hydrogen-bond acceptors (Lipinski definition) is 4. The SMILES string of the molecule is CC(CNC(=O)c1ccc(-c2ccccn2)[nH]c1=O)N(C)c1ccccc1. The Morgan fingerprint density at radius 3 is 2.52 bits per heavy atom. The molecule has 0 radical (unpaired) electrons. The van der Waals surface area contributed by atoms with Gasteiger partial charge < -0.3 is 15.2 Å². The molecule has 2 heterocycles. The number of amides is 1. The number of aromatic amines is 1. The van der Waals surface area contributed by atoms with E-state index in [4.69, 9.17) is 0 Å². The van der Waals surface area contributed by atoms with E-state index in [1.54, 1.807) is 24.4 Å². The fourth-order valence-electron chi connectivity index (χ4n) is 2.71. The van der Waals surface area contributed by atoms with Gasteiger partial charge in [-0.1, -0.05) is 24.3 Å². The monoisotopic (exact) mass is 362 g/mol. The lowest BCUT2D eigenvalue weighted by molar-refractivity contribution is 0.0950. The first kappa shape index (κ1) is 18.4. The van der Waals surface area contributed by atoms with Crippen molar-refractivity contribution < 1.29 is 4.79 Å². The molecule has 1 atom stereocenters. The summed E-state index contributed by atoms with van der Waals surface area (Å²) in [4.78, 5) is 33.7. The number of likely N-dealkylation sites (N-methyl/N-ethyl adjacent to an activating group) is 1. The fraction of sp³-hybridized carbons (Fsp3) is 0.190. The van der Waals surface area contributed by atoms with Crippen LogP contribution in [-0.4, -0.2) is 35.5 Å². The molecule has 2 aromatic heterocycles. The molecule has 0 aliphatic rings. The number of nitrogens with zero attached hydrogens (tertiary/aromatic N) is 2. The highest BCUT2D eigenvalue weighted by molar-refractivity contribution is 5.94. The second-order valence-corrected chi connectivity index (χ2v) is 6.34. The summed E-state index contributed by atoms with van der Waals surface area (Å²) in [5, 5.41) is 2.83. The molecule has 1 amide bonds. The molecule has 1 unspecified atom stereocenters. The summed E-state index contributed by atoms with van der Waals surface area (Å²) in [6.45, 7) is 2.44. The molecular weight excluding hydrogens is 340 g/mol. The summed E-state index contributed by atoms with van der Waals surface area (Å²) in [5.74, 6) is -0.392. The molecule has 6 nitrogen and oxygen atoms in total. The molecule has 1 aromatic carbocycles. The molecule has 0 aliphatic heterocycles. The molecule has 0 saturated carbocycles. The number of H-pyrrole nitrogens is 1. The Labute approximate surface area is 157 Å². The molecule has 0 fully saturated rings. The zero-order chi connectivity index (χ0) is 19.2. The van der Waals surface area contributed by atoms with Gasteiger partial charge >= 0.3 is 0 Å². The van der Waals surface area contributed by atoms with Gasteiger partial charge in [0.05, 0.1) is 11.4 Å². The molecule has 0 spiro atoms. The molecule has 138 valence electrons. The minimum Gasteiger partial charge on any atom is -0.370 e. The van der Waals surface area contributed by atoms with Gasteiger partial charge in [-0.25, -0.2) is 0 Å². The van der Waals surface area contributed by atoms with E-state index in [1.807, 2.05) is 50.4 Å². The number of benzene rings is 1. The van der Waals surface area contributed by atoms with Gasteiger partial charge in [0.2, 0.25) is 0 Å². The number of carbonyl (C=O) groups excluding carboxylic acids is 1. The maximum atomic E-state index is 12.4. The van der Waals surface area contributed by atoms with Crippen LogP contribution in [0, 0.1) is 0 Å². The Hall–Kier alpha value is -3.41. The van der Waals surface area contributed by atoms with Crippen molar-refractivity contribution in [3.05, 3.63) is 82.8 Å². The number of carbonyl (C=O) groups is 1. The van der Waals surface area contributed by atoms with Gasteiger partial charge in [-0.15, -0.1) is 0 Å². The number of nitrogens with one attached hydrogen (secondary N) is 2. The number of pyridine rings is 2. The van der Waals surface area contributed by atoms with Crippen LogP contribution in [0.4, 0.5) is 5.69 Å². The zero-order valence-corrected chi connectivity index (χ0v) is 15.3. The first-order valence-electron chi connectivity index (χ1n) is 8.77. The van der Waals surface area contributed by atoms with Crippen molar-refractivity contribution in [2.45, 2.75) is 13.0 Å². The first-order chi connectivity index (χ1) is 13.1. The molecule has 2 N–H and O–H groups in total. The largest absolute Gasteiger partial charge is 0.370 e. The van der Waals surface area contributed by atoms with E-state index in [1.165, 1.54) is 6.07 Å². The van der Waals surface area contributed by atoms with E-state index >= 15 is 0 Å². The maximum Gasteiger partial charge on any atom is 0.261 e. The van der Waals surface area contributed by atoms with Crippen molar-refractivity contribution in [1.29, 1.82) is 0 Å². The van der Waals surface area contributed by atoms with Crippen LogP contribution in [0.2, 0.25) is 0 Å². The average Bonchev–Trinajstić information content (AvgIpc) is 2.72. The second kappa shape index (κ2) is 8.31. The average molecular weight is 362 g/mol. The van der Waals surface area contributed by atoms with Crippen molar-refractivity contribution in [2.75, 3.05) is 18.5 Å². The van der Waals surface area contributed by atoms with Crippen LogP contribution >= 0.6 is 0 Å². The summed E-state index contributed by atoms with van der Waals surface area (Å²) in [6, 6.07) is 18.7.